The number of carbonyl (C=O) groups excluding carboxylic acids is 1. The minimum absolute atomic E-state index is 0.0838. The van der Waals surface area contributed by atoms with E-state index in [0.29, 0.717) is 12.4 Å². The Hall–Kier alpha value is -1.75. The van der Waals surface area contributed by atoms with Crippen LogP contribution >= 0.6 is 0 Å². The summed E-state index contributed by atoms with van der Waals surface area (Å²) >= 11 is 0. The van der Waals surface area contributed by atoms with Crippen LogP contribution in [-0.4, -0.2) is 31.9 Å². The highest BCUT2D eigenvalue weighted by Crippen LogP contribution is 2.28. The maximum Gasteiger partial charge on any atom is 0.339 e. The molecule has 1 aromatic carbocycles. The number of methoxy groups -OCH3 is 1. The van der Waals surface area contributed by atoms with Crippen LogP contribution in [-0.2, 0) is 0 Å². The van der Waals surface area contributed by atoms with Crippen LogP contribution < -0.4 is 15.1 Å². The second kappa shape index (κ2) is 3.78. The first-order chi connectivity index (χ1) is 7.24. The molecule has 0 unspecified atom stereocenters. The quantitative estimate of drug-likeness (QED) is 0.787. The van der Waals surface area contributed by atoms with Gasteiger partial charge >= 0.3 is 6.03 Å². The number of nitrogens with zero attached hydrogens (tertiary/aromatic N) is 2. The van der Waals surface area contributed by atoms with Gasteiger partial charge in [0.15, 0.2) is 0 Å². The second-order valence-corrected chi connectivity index (χ2v) is 3.26. The molecule has 0 spiro atoms. The van der Waals surface area contributed by atoms with E-state index in [1.807, 2.05) is 24.3 Å². The molecule has 15 heavy (non-hydrogen) atoms. The van der Waals surface area contributed by atoms with Gasteiger partial charge in [-0.1, -0.05) is 12.1 Å². The van der Waals surface area contributed by atoms with Crippen LogP contribution in [0.25, 0.3) is 0 Å². The standard InChI is InChI=1S/C10H13N3O2/c1-12-10(14)13(7-11-12)8-5-3-4-6-9(8)15-2/h3-6,11H,7H2,1-2H3. The summed E-state index contributed by atoms with van der Waals surface area (Å²) in [7, 11) is 3.29. The smallest absolute Gasteiger partial charge is 0.339 e. The highest BCUT2D eigenvalue weighted by Gasteiger charge is 2.28. The minimum Gasteiger partial charge on any atom is -0.495 e. The summed E-state index contributed by atoms with van der Waals surface area (Å²) in [6.45, 7) is 0.468. The van der Waals surface area contributed by atoms with Crippen LogP contribution in [0.5, 0.6) is 5.75 Å². The summed E-state index contributed by atoms with van der Waals surface area (Å²) in [5.41, 5.74) is 3.70. The predicted octanol–water partition coefficient (Wildman–Crippen LogP) is 1.03. The van der Waals surface area contributed by atoms with Gasteiger partial charge in [-0.05, 0) is 12.1 Å². The molecule has 80 valence electrons. The molecule has 0 radical (unpaired) electrons. The molecule has 1 aliphatic heterocycles. The molecule has 1 saturated heterocycles. The van der Waals surface area contributed by atoms with E-state index in [2.05, 4.69) is 5.43 Å². The fourth-order valence-electron chi connectivity index (χ4n) is 1.53. The molecule has 1 heterocycles. The third kappa shape index (κ3) is 1.61. The normalized spacial score (nSPS) is 16.0. The van der Waals surface area contributed by atoms with Crippen molar-refractivity contribution in [3.8, 4) is 5.75 Å². The van der Waals surface area contributed by atoms with Gasteiger partial charge in [-0.3, -0.25) is 9.91 Å². The summed E-state index contributed by atoms with van der Waals surface area (Å²) in [4.78, 5) is 13.3. The molecule has 0 bridgehead atoms. The first-order valence-corrected chi connectivity index (χ1v) is 4.66. The monoisotopic (exact) mass is 207 g/mol. The Bertz CT molecular complexity index is 381. The Balaban J connectivity index is 2.33. The number of hydrazine groups is 1. The van der Waals surface area contributed by atoms with E-state index >= 15 is 0 Å². The molecule has 0 aliphatic carbocycles. The Kier molecular flexibility index (Phi) is 2.47. The largest absolute Gasteiger partial charge is 0.495 e. The van der Waals surface area contributed by atoms with Crippen molar-refractivity contribution in [1.82, 2.24) is 10.4 Å². The van der Waals surface area contributed by atoms with Crippen molar-refractivity contribution in [3.63, 3.8) is 0 Å². The van der Waals surface area contributed by atoms with Crippen molar-refractivity contribution in [3.05, 3.63) is 24.3 Å². The van der Waals surface area contributed by atoms with E-state index in [1.54, 1.807) is 19.1 Å². The Labute approximate surface area is 88.2 Å². The average molecular weight is 207 g/mol. The lowest BCUT2D eigenvalue weighted by molar-refractivity contribution is 0.217. The molecule has 1 fully saturated rings. The van der Waals surface area contributed by atoms with Crippen molar-refractivity contribution >= 4 is 11.7 Å². The number of para-hydroxylation sites is 2. The van der Waals surface area contributed by atoms with Crippen molar-refractivity contribution < 1.29 is 9.53 Å². The van der Waals surface area contributed by atoms with Gasteiger partial charge in [0, 0.05) is 7.05 Å². The average Bonchev–Trinajstić information content (AvgIpc) is 2.60. The van der Waals surface area contributed by atoms with Gasteiger partial charge in [-0.15, -0.1) is 0 Å². The van der Waals surface area contributed by atoms with Crippen LogP contribution in [0.4, 0.5) is 10.5 Å². The van der Waals surface area contributed by atoms with Crippen molar-refractivity contribution in [2.75, 3.05) is 25.7 Å². The first kappa shape index (κ1) is 9.79. The fraction of sp³-hybridized carbons (Fsp3) is 0.300. The van der Waals surface area contributed by atoms with Gasteiger partial charge in [0.05, 0.1) is 19.5 Å². The number of anilines is 1. The van der Waals surface area contributed by atoms with E-state index in [4.69, 9.17) is 4.74 Å². The lowest BCUT2D eigenvalue weighted by Gasteiger charge is -2.17. The molecule has 1 aliphatic rings. The molecule has 5 nitrogen and oxygen atoms in total. The molecular formula is C10H13N3O2. The number of rotatable bonds is 2. The van der Waals surface area contributed by atoms with Crippen LogP contribution in [0.3, 0.4) is 0 Å². The van der Waals surface area contributed by atoms with E-state index in [1.165, 1.54) is 5.01 Å². The van der Waals surface area contributed by atoms with Crippen LogP contribution in [0, 0.1) is 0 Å². The number of benzene rings is 1. The number of hydrogen-bond acceptors (Lipinski definition) is 3. The zero-order valence-electron chi connectivity index (χ0n) is 8.73. The lowest BCUT2D eigenvalue weighted by Crippen LogP contribution is -2.31. The molecule has 0 aromatic heterocycles. The van der Waals surface area contributed by atoms with E-state index in [0.717, 1.165) is 5.69 Å². The summed E-state index contributed by atoms with van der Waals surface area (Å²) < 4.78 is 5.20. The Morgan fingerprint density at radius 3 is 2.73 bits per heavy atom. The SMILES string of the molecule is COc1ccccc1N1CNN(C)C1=O. The maximum atomic E-state index is 11.7. The summed E-state index contributed by atoms with van der Waals surface area (Å²) in [6, 6.07) is 7.36. The van der Waals surface area contributed by atoms with Crippen LogP contribution in [0.15, 0.2) is 24.3 Å². The molecule has 1 aromatic rings. The Morgan fingerprint density at radius 2 is 2.13 bits per heavy atom. The van der Waals surface area contributed by atoms with Gasteiger partial charge in [0.2, 0.25) is 0 Å². The van der Waals surface area contributed by atoms with Crippen LogP contribution in [0.1, 0.15) is 0 Å². The van der Waals surface area contributed by atoms with Crippen molar-refractivity contribution in [2.24, 2.45) is 0 Å². The number of nitrogens with one attached hydrogen (secondary N) is 1. The number of urea groups is 1. The van der Waals surface area contributed by atoms with Gasteiger partial charge in [-0.25, -0.2) is 10.2 Å². The molecular weight excluding hydrogens is 194 g/mol. The third-order valence-corrected chi connectivity index (χ3v) is 2.36. The zero-order chi connectivity index (χ0) is 10.8. The minimum atomic E-state index is -0.0838. The second-order valence-electron chi connectivity index (χ2n) is 3.26. The highest BCUT2D eigenvalue weighted by molar-refractivity contribution is 5.94. The van der Waals surface area contributed by atoms with Crippen molar-refractivity contribution in [2.45, 2.75) is 0 Å². The number of ether oxygens (including phenoxy) is 1. The highest BCUT2D eigenvalue weighted by atomic mass is 16.5. The maximum absolute atomic E-state index is 11.7. The molecule has 1 N–H and O–H groups in total. The number of carbonyl (C=O) groups is 1. The van der Waals surface area contributed by atoms with E-state index < -0.39 is 0 Å². The first-order valence-electron chi connectivity index (χ1n) is 4.66. The van der Waals surface area contributed by atoms with E-state index in [-0.39, 0.29) is 6.03 Å². The summed E-state index contributed by atoms with van der Waals surface area (Å²) in [5, 5.41) is 1.45. The van der Waals surface area contributed by atoms with Gasteiger partial charge < -0.3 is 4.74 Å². The molecule has 5 heteroatoms. The van der Waals surface area contributed by atoms with Crippen LogP contribution in [0.2, 0.25) is 0 Å². The third-order valence-electron chi connectivity index (χ3n) is 2.36. The number of amides is 2. The van der Waals surface area contributed by atoms with Gasteiger partial charge in [0.25, 0.3) is 0 Å². The predicted molar refractivity (Wildman–Crippen MR) is 56.6 cm³/mol. The Morgan fingerprint density at radius 1 is 1.40 bits per heavy atom. The summed E-state index contributed by atoms with van der Waals surface area (Å²) in [6.07, 6.45) is 0. The molecule has 0 saturated carbocycles. The fourth-order valence-corrected chi connectivity index (χ4v) is 1.53. The van der Waals surface area contributed by atoms with E-state index in [9.17, 15) is 4.79 Å². The van der Waals surface area contributed by atoms with Gasteiger partial charge in [0.1, 0.15) is 5.75 Å². The molecule has 2 rings (SSSR count). The van der Waals surface area contributed by atoms with Gasteiger partial charge in [-0.2, -0.15) is 0 Å². The van der Waals surface area contributed by atoms with Crippen molar-refractivity contribution in [1.29, 1.82) is 0 Å². The topological polar surface area (TPSA) is 44.8 Å². The number of hydrogen-bond donors (Lipinski definition) is 1. The molecule has 2 amide bonds. The summed E-state index contributed by atoms with van der Waals surface area (Å²) in [5.74, 6) is 0.697. The lowest BCUT2D eigenvalue weighted by atomic mass is 10.3. The zero-order valence-corrected chi connectivity index (χ0v) is 8.73. The molecule has 0 atom stereocenters.